The second-order valence-electron chi connectivity index (χ2n) is 6.23. The van der Waals surface area contributed by atoms with E-state index in [2.05, 4.69) is 22.3 Å². The van der Waals surface area contributed by atoms with Crippen LogP contribution < -0.4 is 10.1 Å². The number of methoxy groups -OCH3 is 1. The number of ether oxygens (including phenoxy) is 2. The van der Waals surface area contributed by atoms with E-state index in [9.17, 15) is 9.18 Å². The van der Waals surface area contributed by atoms with Crippen molar-refractivity contribution in [2.75, 3.05) is 33.4 Å². The first-order valence-electron chi connectivity index (χ1n) is 8.65. The van der Waals surface area contributed by atoms with E-state index in [-0.39, 0.29) is 5.56 Å². The van der Waals surface area contributed by atoms with Gasteiger partial charge in [0.25, 0.3) is 5.91 Å². The minimum Gasteiger partial charge on any atom is -0.497 e. The molecule has 0 aliphatic carbocycles. The number of rotatable bonds is 6. The lowest BCUT2D eigenvalue weighted by molar-refractivity contribution is 0.0342. The van der Waals surface area contributed by atoms with Crippen LogP contribution in [0.3, 0.4) is 0 Å². The topological polar surface area (TPSA) is 50.8 Å². The van der Waals surface area contributed by atoms with Gasteiger partial charge in [-0.2, -0.15) is 0 Å². The summed E-state index contributed by atoms with van der Waals surface area (Å²) in [5.74, 6) is -0.653. The van der Waals surface area contributed by atoms with Crippen LogP contribution in [0.15, 0.2) is 42.5 Å². The summed E-state index contributed by atoms with van der Waals surface area (Å²) in [6.45, 7) is 4.71. The number of halogens is 1. The lowest BCUT2D eigenvalue weighted by atomic mass is 10.1. The fourth-order valence-corrected chi connectivity index (χ4v) is 2.86. The molecule has 2 aromatic carbocycles. The fourth-order valence-electron chi connectivity index (χ4n) is 2.86. The molecule has 0 spiro atoms. The average molecular weight is 358 g/mol. The highest BCUT2D eigenvalue weighted by atomic mass is 19.1. The van der Waals surface area contributed by atoms with Crippen molar-refractivity contribution in [1.29, 1.82) is 0 Å². The van der Waals surface area contributed by atoms with Crippen LogP contribution in [0.2, 0.25) is 0 Å². The summed E-state index contributed by atoms with van der Waals surface area (Å²) >= 11 is 0. The Balaban J connectivity index is 1.53. The highest BCUT2D eigenvalue weighted by Crippen LogP contribution is 2.16. The SMILES string of the molecule is COc1ccc(C(=O)NCc2ccc(CN3CCOCC3)cc2)c(F)c1. The zero-order chi connectivity index (χ0) is 18.4. The van der Waals surface area contributed by atoms with E-state index in [1.807, 2.05) is 12.1 Å². The minimum atomic E-state index is -0.595. The second kappa shape index (κ2) is 8.78. The van der Waals surface area contributed by atoms with E-state index in [1.54, 1.807) is 6.07 Å². The Morgan fingerprint density at radius 1 is 1.15 bits per heavy atom. The molecule has 3 rings (SSSR count). The molecule has 2 aromatic rings. The van der Waals surface area contributed by atoms with Crippen LogP contribution in [0, 0.1) is 5.82 Å². The molecule has 0 bridgehead atoms. The summed E-state index contributed by atoms with van der Waals surface area (Å²) in [5.41, 5.74) is 2.20. The number of carbonyl (C=O) groups is 1. The van der Waals surface area contributed by atoms with Crippen molar-refractivity contribution < 1.29 is 18.7 Å². The molecule has 5 nitrogen and oxygen atoms in total. The largest absolute Gasteiger partial charge is 0.497 e. The van der Waals surface area contributed by atoms with Crippen molar-refractivity contribution >= 4 is 5.91 Å². The van der Waals surface area contributed by atoms with Gasteiger partial charge in [-0.05, 0) is 23.3 Å². The molecule has 6 heteroatoms. The van der Waals surface area contributed by atoms with Crippen molar-refractivity contribution in [3.05, 3.63) is 65.0 Å². The minimum absolute atomic E-state index is 0.00902. The molecule has 0 radical (unpaired) electrons. The first-order chi connectivity index (χ1) is 12.7. The Bertz CT molecular complexity index is 743. The van der Waals surface area contributed by atoms with Crippen LogP contribution in [0.25, 0.3) is 0 Å². The van der Waals surface area contributed by atoms with Crippen LogP contribution >= 0.6 is 0 Å². The van der Waals surface area contributed by atoms with Gasteiger partial charge in [0, 0.05) is 32.2 Å². The molecule has 1 saturated heterocycles. The molecule has 0 aromatic heterocycles. The third-order valence-corrected chi connectivity index (χ3v) is 4.41. The number of nitrogens with one attached hydrogen (secondary N) is 1. The Labute approximate surface area is 152 Å². The van der Waals surface area contributed by atoms with E-state index in [4.69, 9.17) is 9.47 Å². The smallest absolute Gasteiger partial charge is 0.254 e. The predicted molar refractivity (Wildman–Crippen MR) is 96.7 cm³/mol. The predicted octanol–water partition coefficient (Wildman–Crippen LogP) is 2.60. The van der Waals surface area contributed by atoms with Crippen molar-refractivity contribution in [2.45, 2.75) is 13.1 Å². The summed E-state index contributed by atoms with van der Waals surface area (Å²) in [7, 11) is 1.46. The van der Waals surface area contributed by atoms with Crippen LogP contribution in [0.4, 0.5) is 4.39 Å². The Morgan fingerprint density at radius 2 is 1.85 bits per heavy atom. The quantitative estimate of drug-likeness (QED) is 0.862. The van der Waals surface area contributed by atoms with Gasteiger partial charge in [0.2, 0.25) is 0 Å². The number of nitrogens with zero attached hydrogens (tertiary/aromatic N) is 1. The highest BCUT2D eigenvalue weighted by Gasteiger charge is 2.13. The number of morpholine rings is 1. The van der Waals surface area contributed by atoms with Gasteiger partial charge in [-0.25, -0.2) is 4.39 Å². The summed E-state index contributed by atoms with van der Waals surface area (Å²) in [6.07, 6.45) is 0. The normalized spacial score (nSPS) is 14.8. The maximum absolute atomic E-state index is 13.9. The van der Waals surface area contributed by atoms with Crippen molar-refractivity contribution in [1.82, 2.24) is 10.2 Å². The van der Waals surface area contributed by atoms with Gasteiger partial charge in [-0.15, -0.1) is 0 Å². The number of carbonyl (C=O) groups excluding carboxylic acids is 1. The Morgan fingerprint density at radius 3 is 2.50 bits per heavy atom. The highest BCUT2D eigenvalue weighted by molar-refractivity contribution is 5.94. The van der Waals surface area contributed by atoms with Gasteiger partial charge in [0.1, 0.15) is 11.6 Å². The maximum atomic E-state index is 13.9. The Hall–Kier alpha value is -2.44. The third kappa shape index (κ3) is 4.80. The monoisotopic (exact) mass is 358 g/mol. The van der Waals surface area contributed by atoms with Crippen molar-refractivity contribution in [2.24, 2.45) is 0 Å². The number of benzene rings is 2. The van der Waals surface area contributed by atoms with Gasteiger partial charge in [-0.3, -0.25) is 9.69 Å². The van der Waals surface area contributed by atoms with E-state index in [0.29, 0.717) is 12.3 Å². The van der Waals surface area contributed by atoms with Gasteiger partial charge in [0.05, 0.1) is 25.9 Å². The molecular weight excluding hydrogens is 335 g/mol. The molecule has 1 N–H and O–H groups in total. The maximum Gasteiger partial charge on any atom is 0.254 e. The van der Waals surface area contributed by atoms with Crippen LogP contribution in [-0.4, -0.2) is 44.2 Å². The molecule has 26 heavy (non-hydrogen) atoms. The van der Waals surface area contributed by atoms with Crippen LogP contribution in [-0.2, 0) is 17.8 Å². The fraction of sp³-hybridized carbons (Fsp3) is 0.350. The third-order valence-electron chi connectivity index (χ3n) is 4.41. The van der Waals surface area contributed by atoms with Crippen LogP contribution in [0.1, 0.15) is 21.5 Å². The molecule has 0 atom stereocenters. The lowest BCUT2D eigenvalue weighted by Crippen LogP contribution is -2.35. The van der Waals surface area contributed by atoms with Crippen molar-refractivity contribution in [3.8, 4) is 5.75 Å². The second-order valence-corrected chi connectivity index (χ2v) is 6.23. The van der Waals surface area contributed by atoms with Gasteiger partial charge < -0.3 is 14.8 Å². The first kappa shape index (κ1) is 18.4. The first-order valence-corrected chi connectivity index (χ1v) is 8.65. The molecule has 1 aliphatic heterocycles. The average Bonchev–Trinajstić information content (AvgIpc) is 2.68. The zero-order valence-electron chi connectivity index (χ0n) is 14.8. The van der Waals surface area contributed by atoms with Gasteiger partial charge >= 0.3 is 0 Å². The Kier molecular flexibility index (Phi) is 6.20. The molecule has 1 heterocycles. The van der Waals surface area contributed by atoms with E-state index < -0.39 is 11.7 Å². The number of amides is 1. The van der Waals surface area contributed by atoms with Crippen LogP contribution in [0.5, 0.6) is 5.75 Å². The summed E-state index contributed by atoms with van der Waals surface area (Å²) < 4.78 is 24.2. The van der Waals surface area contributed by atoms with E-state index >= 15 is 0 Å². The summed E-state index contributed by atoms with van der Waals surface area (Å²) in [4.78, 5) is 14.5. The van der Waals surface area contributed by atoms with Gasteiger partial charge in [0.15, 0.2) is 0 Å². The molecular formula is C20H23FN2O3. The summed E-state index contributed by atoms with van der Waals surface area (Å²) in [5, 5.41) is 2.75. The summed E-state index contributed by atoms with van der Waals surface area (Å²) in [6, 6.07) is 12.3. The van der Waals surface area contributed by atoms with Crippen molar-refractivity contribution in [3.63, 3.8) is 0 Å². The zero-order valence-corrected chi connectivity index (χ0v) is 14.8. The molecule has 1 aliphatic rings. The van der Waals surface area contributed by atoms with E-state index in [1.165, 1.54) is 24.8 Å². The lowest BCUT2D eigenvalue weighted by Gasteiger charge is -2.26. The number of hydrogen-bond donors (Lipinski definition) is 1. The molecule has 138 valence electrons. The molecule has 1 fully saturated rings. The van der Waals surface area contributed by atoms with E-state index in [0.717, 1.165) is 38.4 Å². The van der Waals surface area contributed by atoms with Gasteiger partial charge in [-0.1, -0.05) is 24.3 Å². The number of hydrogen-bond acceptors (Lipinski definition) is 4. The molecule has 0 unspecified atom stereocenters. The molecule has 0 saturated carbocycles. The molecule has 1 amide bonds. The standard InChI is InChI=1S/C20H23FN2O3/c1-25-17-6-7-18(19(21)12-17)20(24)22-13-15-2-4-16(5-3-15)14-23-8-10-26-11-9-23/h2-7,12H,8-11,13-14H2,1H3,(H,22,24).